The van der Waals surface area contributed by atoms with Crippen LogP contribution in [-0.2, 0) is 17.6 Å². The van der Waals surface area contributed by atoms with E-state index in [9.17, 15) is 9.59 Å². The predicted molar refractivity (Wildman–Crippen MR) is 104 cm³/mol. The van der Waals surface area contributed by atoms with E-state index in [0.29, 0.717) is 36.8 Å². The lowest BCUT2D eigenvalue weighted by Crippen LogP contribution is -2.27. The number of fused-ring (bicyclic) bond motifs is 2. The van der Waals surface area contributed by atoms with E-state index in [1.54, 1.807) is 36.4 Å². The number of benzene rings is 1. The SMILES string of the molecule is CN(C)C(=O)c1cc2c(s1)CC[C@@H](C(=O)Nc1ccc3c(c1)OCCO3)C2. The van der Waals surface area contributed by atoms with Crippen LogP contribution in [0.2, 0.25) is 0 Å². The number of hydrogen-bond donors (Lipinski definition) is 1. The minimum Gasteiger partial charge on any atom is -0.486 e. The van der Waals surface area contributed by atoms with E-state index in [2.05, 4.69) is 5.32 Å². The van der Waals surface area contributed by atoms with Gasteiger partial charge in [0.1, 0.15) is 13.2 Å². The number of aryl methyl sites for hydroxylation is 1. The Morgan fingerprint density at radius 2 is 1.93 bits per heavy atom. The van der Waals surface area contributed by atoms with Gasteiger partial charge < -0.3 is 19.7 Å². The topological polar surface area (TPSA) is 67.9 Å². The Morgan fingerprint density at radius 1 is 1.15 bits per heavy atom. The van der Waals surface area contributed by atoms with Gasteiger partial charge in [-0.1, -0.05) is 0 Å². The van der Waals surface area contributed by atoms with E-state index in [0.717, 1.165) is 23.3 Å². The van der Waals surface area contributed by atoms with Gasteiger partial charge in [-0.3, -0.25) is 9.59 Å². The summed E-state index contributed by atoms with van der Waals surface area (Å²) >= 11 is 1.55. The summed E-state index contributed by atoms with van der Waals surface area (Å²) in [5.74, 6) is 1.30. The Morgan fingerprint density at radius 3 is 2.70 bits per heavy atom. The number of nitrogens with zero attached hydrogens (tertiary/aromatic N) is 1. The number of hydrogen-bond acceptors (Lipinski definition) is 5. The van der Waals surface area contributed by atoms with Gasteiger partial charge in [-0.05, 0) is 43.0 Å². The van der Waals surface area contributed by atoms with Crippen LogP contribution in [0.25, 0.3) is 0 Å². The largest absolute Gasteiger partial charge is 0.486 e. The van der Waals surface area contributed by atoms with E-state index in [-0.39, 0.29) is 17.7 Å². The number of rotatable bonds is 3. The van der Waals surface area contributed by atoms with Gasteiger partial charge in [-0.15, -0.1) is 11.3 Å². The van der Waals surface area contributed by atoms with Crippen molar-refractivity contribution in [2.24, 2.45) is 5.92 Å². The minimum absolute atomic E-state index is 0.00372. The maximum atomic E-state index is 12.7. The second kappa shape index (κ2) is 7.23. The van der Waals surface area contributed by atoms with Crippen molar-refractivity contribution in [3.8, 4) is 11.5 Å². The van der Waals surface area contributed by atoms with Crippen molar-refractivity contribution in [3.63, 3.8) is 0 Å². The molecule has 2 amide bonds. The zero-order valence-corrected chi connectivity index (χ0v) is 16.2. The van der Waals surface area contributed by atoms with Crippen LogP contribution in [0.15, 0.2) is 24.3 Å². The van der Waals surface area contributed by atoms with Gasteiger partial charge in [0.15, 0.2) is 11.5 Å². The zero-order valence-electron chi connectivity index (χ0n) is 15.4. The van der Waals surface area contributed by atoms with Crippen LogP contribution in [-0.4, -0.2) is 44.0 Å². The van der Waals surface area contributed by atoms with Gasteiger partial charge in [0.2, 0.25) is 5.91 Å². The molecule has 1 atom stereocenters. The fraction of sp³-hybridized carbons (Fsp3) is 0.400. The highest BCUT2D eigenvalue weighted by molar-refractivity contribution is 7.14. The molecule has 142 valence electrons. The fourth-order valence-electron chi connectivity index (χ4n) is 3.44. The van der Waals surface area contributed by atoms with Gasteiger partial charge in [-0.2, -0.15) is 0 Å². The van der Waals surface area contributed by atoms with Gasteiger partial charge in [0.05, 0.1) is 4.88 Å². The first-order valence-electron chi connectivity index (χ1n) is 9.05. The van der Waals surface area contributed by atoms with Gasteiger partial charge in [0.25, 0.3) is 5.91 Å². The number of amides is 2. The highest BCUT2D eigenvalue weighted by Gasteiger charge is 2.28. The average molecular weight is 386 g/mol. The number of carbonyl (C=O) groups excluding carboxylic acids is 2. The van der Waals surface area contributed by atoms with Crippen LogP contribution in [0.1, 0.15) is 26.5 Å². The molecule has 4 rings (SSSR count). The van der Waals surface area contributed by atoms with E-state index >= 15 is 0 Å². The summed E-state index contributed by atoms with van der Waals surface area (Å²) in [5, 5.41) is 2.99. The van der Waals surface area contributed by atoms with E-state index in [1.165, 1.54) is 4.88 Å². The highest BCUT2D eigenvalue weighted by atomic mass is 32.1. The second-order valence-electron chi connectivity index (χ2n) is 7.05. The summed E-state index contributed by atoms with van der Waals surface area (Å²) in [5.41, 5.74) is 1.84. The van der Waals surface area contributed by atoms with Crippen LogP contribution in [0.5, 0.6) is 11.5 Å². The number of anilines is 1. The molecule has 1 aromatic carbocycles. The third kappa shape index (κ3) is 3.64. The van der Waals surface area contributed by atoms with E-state index in [1.807, 2.05) is 18.2 Å². The van der Waals surface area contributed by atoms with E-state index < -0.39 is 0 Å². The van der Waals surface area contributed by atoms with Crippen molar-refractivity contribution in [3.05, 3.63) is 39.6 Å². The molecule has 0 unspecified atom stereocenters. The Labute approximate surface area is 162 Å². The van der Waals surface area contributed by atoms with Crippen LogP contribution in [0.4, 0.5) is 5.69 Å². The van der Waals surface area contributed by atoms with Crippen molar-refractivity contribution in [2.75, 3.05) is 32.6 Å². The molecule has 1 aliphatic carbocycles. The lowest BCUT2D eigenvalue weighted by Gasteiger charge is -2.22. The Kier molecular flexibility index (Phi) is 4.78. The molecule has 1 aromatic heterocycles. The van der Waals surface area contributed by atoms with Crippen molar-refractivity contribution >= 4 is 28.8 Å². The molecule has 1 aliphatic heterocycles. The number of carbonyl (C=O) groups is 2. The Bertz CT molecular complexity index is 890. The smallest absolute Gasteiger partial charge is 0.263 e. The third-order valence-corrected chi connectivity index (χ3v) is 6.11. The molecule has 0 radical (unpaired) electrons. The molecule has 1 N–H and O–H groups in total. The molecule has 6 nitrogen and oxygen atoms in total. The van der Waals surface area contributed by atoms with Gasteiger partial charge in [0, 0.05) is 36.6 Å². The molecule has 2 aromatic rings. The monoisotopic (exact) mass is 386 g/mol. The number of nitrogens with one attached hydrogen (secondary N) is 1. The molecule has 2 heterocycles. The van der Waals surface area contributed by atoms with Crippen molar-refractivity contribution in [2.45, 2.75) is 19.3 Å². The lowest BCUT2D eigenvalue weighted by atomic mass is 9.87. The summed E-state index contributed by atoms with van der Waals surface area (Å²) in [6, 6.07) is 7.41. The molecule has 0 bridgehead atoms. The van der Waals surface area contributed by atoms with Crippen molar-refractivity contribution in [1.82, 2.24) is 4.90 Å². The first kappa shape index (κ1) is 17.9. The molecule has 7 heteroatoms. The fourth-order valence-corrected chi connectivity index (χ4v) is 4.67. The van der Waals surface area contributed by atoms with E-state index in [4.69, 9.17) is 9.47 Å². The van der Waals surface area contributed by atoms with Crippen LogP contribution in [0.3, 0.4) is 0 Å². The van der Waals surface area contributed by atoms with Crippen molar-refractivity contribution in [1.29, 1.82) is 0 Å². The molecular formula is C20H22N2O4S. The normalized spacial score (nSPS) is 17.8. The molecule has 0 spiro atoms. The number of thiophene rings is 1. The quantitative estimate of drug-likeness (QED) is 0.881. The summed E-state index contributed by atoms with van der Waals surface area (Å²) in [6.07, 6.45) is 2.29. The summed E-state index contributed by atoms with van der Waals surface area (Å²) in [7, 11) is 3.51. The summed E-state index contributed by atoms with van der Waals surface area (Å²) in [6.45, 7) is 1.06. The third-order valence-electron chi connectivity index (χ3n) is 4.88. The van der Waals surface area contributed by atoms with Crippen LogP contribution >= 0.6 is 11.3 Å². The number of ether oxygens (including phenoxy) is 2. The summed E-state index contributed by atoms with van der Waals surface area (Å²) in [4.78, 5) is 28.5. The summed E-state index contributed by atoms with van der Waals surface area (Å²) < 4.78 is 11.1. The van der Waals surface area contributed by atoms with Gasteiger partial charge in [-0.25, -0.2) is 0 Å². The molecule has 2 aliphatic rings. The average Bonchev–Trinajstić information content (AvgIpc) is 3.10. The van der Waals surface area contributed by atoms with Crippen molar-refractivity contribution < 1.29 is 19.1 Å². The van der Waals surface area contributed by atoms with Gasteiger partial charge >= 0.3 is 0 Å². The molecule has 27 heavy (non-hydrogen) atoms. The maximum Gasteiger partial charge on any atom is 0.263 e. The highest BCUT2D eigenvalue weighted by Crippen LogP contribution is 2.35. The zero-order chi connectivity index (χ0) is 19.0. The predicted octanol–water partition coefficient (Wildman–Crippen LogP) is 2.96. The first-order chi connectivity index (χ1) is 13.0. The maximum absolute atomic E-state index is 12.7. The van der Waals surface area contributed by atoms with Crippen LogP contribution < -0.4 is 14.8 Å². The molecule has 0 saturated heterocycles. The lowest BCUT2D eigenvalue weighted by molar-refractivity contribution is -0.120. The molecule has 0 saturated carbocycles. The Hall–Kier alpha value is -2.54. The molecular weight excluding hydrogens is 364 g/mol. The minimum atomic E-state index is -0.0948. The second-order valence-corrected chi connectivity index (χ2v) is 8.18. The Balaban J connectivity index is 1.44. The first-order valence-corrected chi connectivity index (χ1v) is 9.86. The molecule has 0 fully saturated rings. The standard InChI is InChI=1S/C20H22N2O4S/c1-22(2)20(24)18-10-13-9-12(3-6-17(13)27-18)19(23)21-14-4-5-15-16(11-14)26-8-7-25-15/h4-5,10-12H,3,6-9H2,1-2H3,(H,21,23)/t12-/m1/s1. The van der Waals surface area contributed by atoms with Crippen LogP contribution in [0, 0.1) is 5.92 Å².